The average Bonchev–Trinajstić information content (AvgIpc) is 2.33. The Bertz CT molecular complexity index is 271. The highest BCUT2D eigenvalue weighted by Crippen LogP contribution is 2.17. The van der Waals surface area contributed by atoms with Crippen LogP contribution in [0.1, 0.15) is 12.8 Å². The van der Waals surface area contributed by atoms with Gasteiger partial charge in [0.25, 0.3) is 5.91 Å². The summed E-state index contributed by atoms with van der Waals surface area (Å²) < 4.78 is 5.24. The van der Waals surface area contributed by atoms with E-state index in [1.165, 1.54) is 0 Å². The van der Waals surface area contributed by atoms with E-state index < -0.39 is 5.54 Å². The number of carbonyl (C=O) groups is 1. The number of nitrogens with zero attached hydrogens (tertiary/aromatic N) is 2. The predicted molar refractivity (Wildman–Crippen MR) is 64.2 cm³/mol. The molecule has 0 unspecified atom stereocenters. The normalized spacial score (nSPS) is 26.7. The number of piperazine rings is 1. The molecule has 6 nitrogen and oxygen atoms in total. The molecular formula is C11H22N4O2. The van der Waals surface area contributed by atoms with Crippen LogP contribution in [0.4, 0.5) is 0 Å². The van der Waals surface area contributed by atoms with Gasteiger partial charge in [0.2, 0.25) is 0 Å². The maximum atomic E-state index is 12.1. The smallest absolute Gasteiger partial charge is 0.254 e. The number of ether oxygens (including phenoxy) is 1. The molecule has 17 heavy (non-hydrogen) atoms. The molecule has 2 aliphatic heterocycles. The zero-order valence-corrected chi connectivity index (χ0v) is 10.4. The predicted octanol–water partition coefficient (Wildman–Crippen LogP) is -1.23. The third-order valence-corrected chi connectivity index (χ3v) is 3.60. The molecule has 0 aromatic carbocycles. The quantitative estimate of drug-likeness (QED) is 0.635. The fraction of sp³-hybridized carbons (Fsp3) is 0.909. The third kappa shape index (κ3) is 3.16. The molecule has 0 spiro atoms. The first-order valence-electron chi connectivity index (χ1n) is 6.21. The van der Waals surface area contributed by atoms with Gasteiger partial charge in [0.15, 0.2) is 0 Å². The van der Waals surface area contributed by atoms with Crippen molar-refractivity contribution in [1.29, 1.82) is 0 Å². The van der Waals surface area contributed by atoms with E-state index in [0.29, 0.717) is 26.1 Å². The summed E-state index contributed by atoms with van der Waals surface area (Å²) in [6, 6.07) is 0. The monoisotopic (exact) mass is 242 g/mol. The van der Waals surface area contributed by atoms with E-state index in [1.54, 1.807) is 0 Å². The lowest BCUT2D eigenvalue weighted by molar-refractivity contribution is -0.135. The molecule has 0 bridgehead atoms. The van der Waals surface area contributed by atoms with Gasteiger partial charge in [-0.1, -0.05) is 0 Å². The summed E-state index contributed by atoms with van der Waals surface area (Å²) in [5.74, 6) is -0.0645. The summed E-state index contributed by atoms with van der Waals surface area (Å²) in [7, 11) is 2.09. The minimum absolute atomic E-state index is 0.0645. The van der Waals surface area contributed by atoms with E-state index in [4.69, 9.17) is 10.5 Å². The van der Waals surface area contributed by atoms with Crippen molar-refractivity contribution in [2.24, 2.45) is 5.73 Å². The molecule has 0 radical (unpaired) electrons. The lowest BCUT2D eigenvalue weighted by atomic mass is 9.91. The number of hydrazine groups is 1. The van der Waals surface area contributed by atoms with Crippen LogP contribution in [-0.2, 0) is 9.53 Å². The number of carbonyl (C=O) groups excluding carboxylic acids is 1. The first-order chi connectivity index (χ1) is 8.10. The highest BCUT2D eigenvalue weighted by molar-refractivity contribution is 5.85. The molecular weight excluding hydrogens is 220 g/mol. The van der Waals surface area contributed by atoms with Gasteiger partial charge < -0.3 is 15.4 Å². The van der Waals surface area contributed by atoms with E-state index in [-0.39, 0.29) is 5.91 Å². The highest BCUT2D eigenvalue weighted by atomic mass is 16.5. The first-order valence-corrected chi connectivity index (χ1v) is 6.21. The van der Waals surface area contributed by atoms with Gasteiger partial charge in [-0.3, -0.25) is 10.2 Å². The van der Waals surface area contributed by atoms with Gasteiger partial charge in [-0.15, -0.1) is 0 Å². The average molecular weight is 242 g/mol. The third-order valence-electron chi connectivity index (χ3n) is 3.60. The standard InChI is InChI=1S/C11H22N4O2/c1-14-4-6-15(7-5-14)13-10(16)11(12)2-8-17-9-3-11/h2-9,12H2,1H3,(H,13,16). The zero-order chi connectivity index (χ0) is 12.3. The number of likely N-dealkylation sites (N-methyl/N-ethyl adjacent to an activating group) is 1. The van der Waals surface area contributed by atoms with Crippen LogP contribution in [0.15, 0.2) is 0 Å². The molecule has 6 heteroatoms. The van der Waals surface area contributed by atoms with Crippen LogP contribution in [0.2, 0.25) is 0 Å². The maximum absolute atomic E-state index is 12.1. The molecule has 2 heterocycles. The summed E-state index contributed by atoms with van der Waals surface area (Å²) in [4.78, 5) is 14.4. The fourth-order valence-electron chi connectivity index (χ4n) is 2.14. The lowest BCUT2D eigenvalue weighted by Crippen LogP contribution is -2.62. The van der Waals surface area contributed by atoms with E-state index in [9.17, 15) is 4.79 Å². The Hall–Kier alpha value is -0.690. The molecule has 2 aliphatic rings. The second-order valence-corrected chi connectivity index (χ2v) is 5.00. The van der Waals surface area contributed by atoms with Gasteiger partial charge in [0.1, 0.15) is 5.54 Å². The zero-order valence-electron chi connectivity index (χ0n) is 10.4. The van der Waals surface area contributed by atoms with E-state index in [2.05, 4.69) is 17.4 Å². The number of amides is 1. The topological polar surface area (TPSA) is 70.8 Å². The Morgan fingerprint density at radius 3 is 2.41 bits per heavy atom. The van der Waals surface area contributed by atoms with Gasteiger partial charge in [-0.2, -0.15) is 0 Å². The van der Waals surface area contributed by atoms with Gasteiger partial charge >= 0.3 is 0 Å². The van der Waals surface area contributed by atoms with E-state index in [0.717, 1.165) is 26.2 Å². The van der Waals surface area contributed by atoms with E-state index in [1.807, 2.05) is 5.01 Å². The van der Waals surface area contributed by atoms with E-state index >= 15 is 0 Å². The van der Waals surface area contributed by atoms with Gasteiger partial charge in [0, 0.05) is 39.4 Å². The molecule has 0 atom stereocenters. The minimum Gasteiger partial charge on any atom is -0.381 e. The van der Waals surface area contributed by atoms with Crippen LogP contribution < -0.4 is 11.2 Å². The Morgan fingerprint density at radius 1 is 1.24 bits per heavy atom. The number of hydrogen-bond donors (Lipinski definition) is 2. The van der Waals surface area contributed by atoms with Crippen molar-refractivity contribution in [3.63, 3.8) is 0 Å². The summed E-state index contributed by atoms with van der Waals surface area (Å²) >= 11 is 0. The van der Waals surface area contributed by atoms with Crippen molar-refractivity contribution in [1.82, 2.24) is 15.3 Å². The molecule has 0 aromatic rings. The Labute approximate surface area is 102 Å². The second kappa shape index (κ2) is 5.30. The van der Waals surface area contributed by atoms with Gasteiger partial charge in [0.05, 0.1) is 0 Å². The van der Waals surface area contributed by atoms with Crippen LogP contribution in [0.25, 0.3) is 0 Å². The summed E-state index contributed by atoms with van der Waals surface area (Å²) in [5.41, 5.74) is 8.31. The SMILES string of the molecule is CN1CCN(NC(=O)C2(N)CCOCC2)CC1. The van der Waals surface area contributed by atoms with Crippen molar-refractivity contribution in [3.8, 4) is 0 Å². The molecule has 98 valence electrons. The van der Waals surface area contributed by atoms with Crippen LogP contribution in [-0.4, -0.2) is 67.8 Å². The molecule has 2 rings (SSSR count). The van der Waals surface area contributed by atoms with Crippen LogP contribution in [0.3, 0.4) is 0 Å². The van der Waals surface area contributed by atoms with Crippen LogP contribution in [0.5, 0.6) is 0 Å². The number of hydrogen-bond acceptors (Lipinski definition) is 5. The van der Waals surface area contributed by atoms with Gasteiger partial charge in [-0.05, 0) is 19.9 Å². The minimum atomic E-state index is -0.748. The molecule has 2 saturated heterocycles. The number of nitrogens with one attached hydrogen (secondary N) is 1. The maximum Gasteiger partial charge on any atom is 0.254 e. The number of nitrogens with two attached hydrogens (primary N) is 1. The summed E-state index contributed by atoms with van der Waals surface area (Å²) in [6.45, 7) is 4.81. The Kier molecular flexibility index (Phi) is 3.98. The molecule has 2 fully saturated rings. The lowest BCUT2D eigenvalue weighted by Gasteiger charge is -2.37. The molecule has 0 aromatic heterocycles. The van der Waals surface area contributed by atoms with Crippen LogP contribution in [0, 0.1) is 0 Å². The molecule has 0 aliphatic carbocycles. The van der Waals surface area contributed by atoms with Crippen molar-refractivity contribution in [2.45, 2.75) is 18.4 Å². The first kappa shape index (κ1) is 12.8. The Balaban J connectivity index is 1.83. The summed E-state index contributed by atoms with van der Waals surface area (Å²) in [6.07, 6.45) is 1.21. The van der Waals surface area contributed by atoms with Crippen molar-refractivity contribution < 1.29 is 9.53 Å². The Morgan fingerprint density at radius 2 is 1.82 bits per heavy atom. The van der Waals surface area contributed by atoms with Crippen molar-refractivity contribution >= 4 is 5.91 Å². The summed E-state index contributed by atoms with van der Waals surface area (Å²) in [5, 5.41) is 1.96. The molecule has 0 saturated carbocycles. The molecule has 1 amide bonds. The van der Waals surface area contributed by atoms with Crippen molar-refractivity contribution in [3.05, 3.63) is 0 Å². The highest BCUT2D eigenvalue weighted by Gasteiger charge is 2.36. The number of rotatable bonds is 2. The second-order valence-electron chi connectivity index (χ2n) is 5.00. The van der Waals surface area contributed by atoms with Gasteiger partial charge in [-0.25, -0.2) is 5.01 Å². The molecule has 3 N–H and O–H groups in total. The van der Waals surface area contributed by atoms with Crippen LogP contribution >= 0.6 is 0 Å². The largest absolute Gasteiger partial charge is 0.381 e. The fourth-order valence-corrected chi connectivity index (χ4v) is 2.14. The van der Waals surface area contributed by atoms with Crippen molar-refractivity contribution in [2.75, 3.05) is 46.4 Å².